The van der Waals surface area contributed by atoms with Gasteiger partial charge >= 0.3 is 5.97 Å². The van der Waals surface area contributed by atoms with Crippen LogP contribution in [0.1, 0.15) is 82.2 Å². The lowest BCUT2D eigenvalue weighted by atomic mass is 9.81. The van der Waals surface area contributed by atoms with Gasteiger partial charge in [-0.25, -0.2) is 9.97 Å². The Labute approximate surface area is 313 Å². The maximum absolute atomic E-state index is 13.7. The first-order valence-corrected chi connectivity index (χ1v) is 18.6. The quantitative estimate of drug-likeness (QED) is 0.202. The van der Waals surface area contributed by atoms with E-state index in [4.69, 9.17) is 16.6 Å². The normalized spacial score (nSPS) is 18.8. The molecule has 1 fully saturated rings. The fraction of sp³-hybridized carbons (Fsp3) is 0.436. The molecule has 0 bridgehead atoms. The molecule has 0 radical (unpaired) electrons. The summed E-state index contributed by atoms with van der Waals surface area (Å²) in [6.45, 7) is 7.00. The Bertz CT molecular complexity index is 2120. The number of carbonyl (C=O) groups excluding carboxylic acids is 2. The molecule has 1 saturated carbocycles. The number of amides is 2. The summed E-state index contributed by atoms with van der Waals surface area (Å²) in [4.78, 5) is 52.6. The summed E-state index contributed by atoms with van der Waals surface area (Å²) in [7, 11) is 3.69. The van der Waals surface area contributed by atoms with Crippen molar-refractivity contribution in [2.75, 3.05) is 36.8 Å². The molecule has 0 unspecified atom stereocenters. The summed E-state index contributed by atoms with van der Waals surface area (Å²) in [6.07, 6.45) is 4.83. The second kappa shape index (κ2) is 15.1. The second-order valence-electron chi connectivity index (χ2n) is 14.4. The van der Waals surface area contributed by atoms with Crippen molar-refractivity contribution < 1.29 is 19.5 Å². The number of fused-ring (bicyclic) bond motifs is 2. The number of nitrogens with one attached hydrogen (secondary N) is 2. The van der Waals surface area contributed by atoms with Crippen molar-refractivity contribution in [2.24, 2.45) is 25.9 Å². The van der Waals surface area contributed by atoms with Gasteiger partial charge in [-0.2, -0.15) is 5.26 Å². The van der Waals surface area contributed by atoms with Crippen LogP contribution in [0.25, 0.3) is 11.1 Å². The highest BCUT2D eigenvalue weighted by atomic mass is 35.5. The topological polar surface area (TPSA) is 161 Å². The molecule has 4 aromatic rings. The summed E-state index contributed by atoms with van der Waals surface area (Å²) >= 11 is 6.92. The lowest BCUT2D eigenvalue weighted by Gasteiger charge is -2.33. The van der Waals surface area contributed by atoms with Gasteiger partial charge < -0.3 is 24.9 Å². The lowest BCUT2D eigenvalue weighted by Crippen LogP contribution is -2.36. The zero-order valence-electron chi connectivity index (χ0n) is 30.3. The number of carboxylic acid groups (broad SMARTS) is 1. The first-order chi connectivity index (χ1) is 25.6. The molecule has 3 aliphatic rings. The number of likely N-dealkylation sites (N-methyl/N-ethyl adjacent to an activating group) is 1. The Morgan fingerprint density at radius 3 is 1.98 bits per heavy atom. The number of aromatic nitrogens is 4. The van der Waals surface area contributed by atoms with E-state index in [1.165, 1.54) is 0 Å². The Kier molecular flexibility index (Phi) is 10.4. The number of imidazole rings is 2. The van der Waals surface area contributed by atoms with E-state index in [-0.39, 0.29) is 28.2 Å². The van der Waals surface area contributed by atoms with Crippen LogP contribution in [-0.4, -0.2) is 78.0 Å². The number of nitriles is 1. The fourth-order valence-electron chi connectivity index (χ4n) is 8.15. The Hall–Kier alpha value is -5.03. The van der Waals surface area contributed by atoms with E-state index in [2.05, 4.69) is 38.4 Å². The first kappa shape index (κ1) is 36.3. The molecule has 0 atom stereocenters. The number of rotatable bonds is 9. The van der Waals surface area contributed by atoms with E-state index in [1.54, 1.807) is 36.4 Å². The molecule has 2 amide bonds. The van der Waals surface area contributed by atoms with Crippen molar-refractivity contribution in [3.8, 4) is 17.2 Å². The zero-order chi connectivity index (χ0) is 37.4. The molecule has 0 saturated heterocycles. The van der Waals surface area contributed by atoms with Crippen LogP contribution < -0.4 is 10.6 Å². The van der Waals surface area contributed by atoms with E-state index in [0.29, 0.717) is 47.3 Å². The Morgan fingerprint density at radius 1 is 0.849 bits per heavy atom. The van der Waals surface area contributed by atoms with Crippen LogP contribution in [0, 0.1) is 23.2 Å². The van der Waals surface area contributed by atoms with Gasteiger partial charge in [0.25, 0.3) is 11.8 Å². The molecular formula is C39H44ClN9O4. The van der Waals surface area contributed by atoms with Crippen LogP contribution in [0.5, 0.6) is 0 Å². The molecule has 0 spiro atoms. The smallest absolute Gasteiger partial charge is 0.306 e. The molecule has 4 heterocycles. The van der Waals surface area contributed by atoms with Crippen molar-refractivity contribution in [1.29, 1.82) is 5.26 Å². The molecule has 13 nitrogen and oxygen atoms in total. The molecule has 2 aromatic carbocycles. The summed E-state index contributed by atoms with van der Waals surface area (Å²) in [6, 6.07) is 12.7. The van der Waals surface area contributed by atoms with Crippen LogP contribution in [-0.2, 0) is 44.8 Å². The summed E-state index contributed by atoms with van der Waals surface area (Å²) in [5.41, 5.74) is 5.79. The van der Waals surface area contributed by atoms with E-state index in [9.17, 15) is 24.8 Å². The first-order valence-electron chi connectivity index (χ1n) is 18.3. The molecule has 53 heavy (non-hydrogen) atoms. The van der Waals surface area contributed by atoms with Gasteiger partial charge in [-0.15, -0.1) is 0 Å². The second-order valence-corrected chi connectivity index (χ2v) is 14.7. The number of halogens is 1. The third-order valence-corrected chi connectivity index (χ3v) is 11.6. The van der Waals surface area contributed by atoms with Crippen LogP contribution in [0.2, 0.25) is 5.02 Å². The van der Waals surface area contributed by atoms with Gasteiger partial charge in [0.1, 0.15) is 6.07 Å². The number of nitrogens with zero attached hydrogens (tertiary/aromatic N) is 7. The van der Waals surface area contributed by atoms with Gasteiger partial charge in [0.15, 0.2) is 11.6 Å². The number of hydrogen-bond acceptors (Lipinski definition) is 8. The van der Waals surface area contributed by atoms with E-state index in [0.717, 1.165) is 87.5 Å². The Morgan fingerprint density at radius 2 is 1.40 bits per heavy atom. The van der Waals surface area contributed by atoms with Crippen molar-refractivity contribution in [3.05, 3.63) is 81.4 Å². The van der Waals surface area contributed by atoms with Crippen LogP contribution in [0.15, 0.2) is 36.4 Å². The molecule has 3 N–H and O–H groups in total. The minimum Gasteiger partial charge on any atom is -0.481 e. The highest BCUT2D eigenvalue weighted by Gasteiger charge is 2.31. The lowest BCUT2D eigenvalue weighted by molar-refractivity contribution is -0.143. The molecular weight excluding hydrogens is 694 g/mol. The van der Waals surface area contributed by atoms with Gasteiger partial charge in [-0.05, 0) is 50.3 Å². The average molecular weight is 738 g/mol. The van der Waals surface area contributed by atoms with Crippen LogP contribution in [0.4, 0.5) is 11.4 Å². The molecule has 7 rings (SSSR count). The molecule has 2 aliphatic heterocycles. The number of carboxylic acids is 1. The fourth-order valence-corrected chi connectivity index (χ4v) is 8.42. The summed E-state index contributed by atoms with van der Waals surface area (Å²) < 4.78 is 3.68. The zero-order valence-corrected chi connectivity index (χ0v) is 31.0. The minimum absolute atomic E-state index is 0.228. The average Bonchev–Trinajstić information content (AvgIpc) is 3.67. The van der Waals surface area contributed by atoms with Gasteiger partial charge in [-0.3, -0.25) is 24.2 Å². The third kappa shape index (κ3) is 7.19. The third-order valence-electron chi connectivity index (χ3n) is 11.2. The number of carbonyl (C=O) groups is 3. The van der Waals surface area contributed by atoms with Crippen LogP contribution in [0.3, 0.4) is 0 Å². The SMILES string of the molecule is CCN1CCc2c(nc(C(=O)Nc3cccc(-c4cccc(NC(=O)c5nc6c(n5C)CCN(C[C@H]5CC[C@H](C(=O)O)CC5)C6)c4C#N)c3Cl)n2C)C1. The standard InChI is InChI=1S/C39H44ClN9O4/c1-4-48-17-15-32-30(21-48)42-36(46(32)2)38(51)45-29-10-6-8-26(34(29)40)25-7-5-9-28(27(25)19-41)44-37(50)35-43-31-22-49(18-16-33(31)47(35)3)20-23-11-13-24(14-12-23)39(52)53/h5-10,23-24H,4,11-18,20-22H2,1-3H3,(H,44,50)(H,45,51)(H,52,53)/t23-,24-. The predicted octanol–water partition coefficient (Wildman–Crippen LogP) is 5.48. The van der Waals surface area contributed by atoms with Crippen molar-refractivity contribution >= 4 is 40.8 Å². The minimum atomic E-state index is -0.694. The van der Waals surface area contributed by atoms with E-state index in [1.807, 2.05) is 23.2 Å². The summed E-state index contributed by atoms with van der Waals surface area (Å²) in [5, 5.41) is 25.8. The van der Waals surface area contributed by atoms with Crippen molar-refractivity contribution in [1.82, 2.24) is 28.9 Å². The van der Waals surface area contributed by atoms with E-state index < -0.39 is 11.9 Å². The predicted molar refractivity (Wildman–Crippen MR) is 201 cm³/mol. The summed E-state index contributed by atoms with van der Waals surface area (Å²) in [5.74, 6) is -0.714. The highest BCUT2D eigenvalue weighted by Crippen LogP contribution is 2.38. The molecule has 276 valence electrons. The number of aliphatic carboxylic acids is 1. The highest BCUT2D eigenvalue weighted by molar-refractivity contribution is 6.36. The number of benzene rings is 2. The van der Waals surface area contributed by atoms with Gasteiger partial charge in [-0.1, -0.05) is 42.8 Å². The maximum atomic E-state index is 13.7. The molecule has 14 heteroatoms. The van der Waals surface area contributed by atoms with Crippen molar-refractivity contribution in [2.45, 2.75) is 58.5 Å². The van der Waals surface area contributed by atoms with Gasteiger partial charge in [0, 0.05) is 82.2 Å². The van der Waals surface area contributed by atoms with Gasteiger partial charge in [0.2, 0.25) is 0 Å². The maximum Gasteiger partial charge on any atom is 0.306 e. The largest absolute Gasteiger partial charge is 0.481 e. The molecule has 2 aromatic heterocycles. The van der Waals surface area contributed by atoms with Gasteiger partial charge in [0.05, 0.1) is 39.3 Å². The van der Waals surface area contributed by atoms with E-state index >= 15 is 0 Å². The van der Waals surface area contributed by atoms with Crippen LogP contribution >= 0.6 is 11.6 Å². The number of hydrogen-bond donors (Lipinski definition) is 3. The number of anilines is 2. The molecule has 1 aliphatic carbocycles. The van der Waals surface area contributed by atoms with Crippen molar-refractivity contribution in [3.63, 3.8) is 0 Å². The Balaban J connectivity index is 1.06. The monoisotopic (exact) mass is 737 g/mol.